The average molecular weight is 410 g/mol. The Hall–Kier alpha value is -2.83. The maximum absolute atomic E-state index is 11.8. The van der Waals surface area contributed by atoms with Crippen LogP contribution in [-0.2, 0) is 13.5 Å². The maximum atomic E-state index is 11.8. The topological polar surface area (TPSA) is 90.2 Å². The van der Waals surface area contributed by atoms with Crippen LogP contribution in [0.3, 0.4) is 0 Å². The number of nitrogen functional groups attached to an aromatic ring is 1. The number of nitrogens with zero attached hydrogens (tertiary/aromatic N) is 3. The van der Waals surface area contributed by atoms with E-state index >= 15 is 0 Å². The fourth-order valence-corrected chi connectivity index (χ4v) is 4.54. The normalized spacial score (nSPS) is 16.6. The van der Waals surface area contributed by atoms with Gasteiger partial charge in [-0.15, -0.1) is 0 Å². The van der Waals surface area contributed by atoms with Crippen LogP contribution in [0.5, 0.6) is 0 Å². The molecule has 1 aliphatic heterocycles. The molecule has 0 fully saturated rings. The number of fused-ring (bicyclic) bond motifs is 1. The van der Waals surface area contributed by atoms with Gasteiger partial charge in [0.25, 0.3) is 5.91 Å². The monoisotopic (exact) mass is 409 g/mol. The largest absolute Gasteiger partial charge is 0.398 e. The summed E-state index contributed by atoms with van der Waals surface area (Å²) in [4.78, 5) is 18.6. The molecule has 2 heterocycles. The number of benzene rings is 2. The lowest BCUT2D eigenvalue weighted by Gasteiger charge is -2.33. The zero-order valence-corrected chi connectivity index (χ0v) is 17.5. The number of carbonyl (C=O) groups is 1. The predicted molar refractivity (Wildman–Crippen MR) is 116 cm³/mol. The second-order valence-electron chi connectivity index (χ2n) is 7.55. The van der Waals surface area contributed by atoms with Gasteiger partial charge in [0.15, 0.2) is 5.82 Å². The lowest BCUT2D eigenvalue weighted by Crippen LogP contribution is -2.33. The Bertz CT molecular complexity index is 1120. The molecule has 0 saturated carbocycles. The summed E-state index contributed by atoms with van der Waals surface area (Å²) in [7, 11) is 3.88. The van der Waals surface area contributed by atoms with Crippen LogP contribution in [0, 0.1) is 6.92 Å². The van der Waals surface area contributed by atoms with Gasteiger partial charge in [-0.1, -0.05) is 41.9 Å². The molecule has 4 N–H and O–H groups in total. The number of amides is 1. The van der Waals surface area contributed by atoms with Crippen molar-refractivity contribution in [2.75, 3.05) is 19.3 Å². The van der Waals surface area contributed by atoms with Crippen LogP contribution < -0.4 is 11.5 Å². The van der Waals surface area contributed by atoms with Gasteiger partial charge in [0.05, 0.1) is 16.8 Å². The van der Waals surface area contributed by atoms with E-state index in [0.717, 1.165) is 52.3 Å². The molecule has 1 aliphatic rings. The first kappa shape index (κ1) is 19.5. The number of hydrogen-bond acceptors (Lipinski definition) is 4. The van der Waals surface area contributed by atoms with Crippen molar-refractivity contribution in [3.63, 3.8) is 0 Å². The minimum atomic E-state index is -0.529. The van der Waals surface area contributed by atoms with E-state index in [4.69, 9.17) is 23.1 Å². The second-order valence-corrected chi connectivity index (χ2v) is 7.93. The molecule has 0 spiro atoms. The van der Waals surface area contributed by atoms with Crippen molar-refractivity contribution in [3.05, 3.63) is 69.8 Å². The molecule has 1 aromatic heterocycles. The number of anilines is 1. The van der Waals surface area contributed by atoms with Gasteiger partial charge in [-0.2, -0.15) is 0 Å². The maximum Gasteiger partial charge on any atom is 0.284 e. The molecule has 7 heteroatoms. The van der Waals surface area contributed by atoms with Gasteiger partial charge in [-0.3, -0.25) is 9.69 Å². The minimum Gasteiger partial charge on any atom is -0.398 e. The van der Waals surface area contributed by atoms with E-state index in [1.165, 1.54) is 0 Å². The third-order valence-corrected chi connectivity index (χ3v) is 6.28. The minimum absolute atomic E-state index is 0.160. The van der Waals surface area contributed by atoms with Crippen molar-refractivity contribution in [1.82, 2.24) is 14.5 Å². The molecule has 0 bridgehead atoms. The SMILES string of the molecule is Cc1c(N)cccc1-c1cccc(C2c3nc(C(N)=O)n(C)c3CCN2C)c1Cl. The highest BCUT2D eigenvalue weighted by Gasteiger charge is 2.34. The van der Waals surface area contributed by atoms with E-state index in [9.17, 15) is 4.79 Å². The van der Waals surface area contributed by atoms with E-state index in [0.29, 0.717) is 5.02 Å². The molecule has 29 heavy (non-hydrogen) atoms. The first-order chi connectivity index (χ1) is 13.8. The van der Waals surface area contributed by atoms with E-state index in [1.54, 1.807) is 4.57 Å². The summed E-state index contributed by atoms with van der Waals surface area (Å²) in [6, 6.07) is 11.7. The van der Waals surface area contributed by atoms with Crippen LogP contribution in [0.25, 0.3) is 11.1 Å². The smallest absolute Gasteiger partial charge is 0.284 e. The van der Waals surface area contributed by atoms with E-state index in [-0.39, 0.29) is 11.9 Å². The molecule has 4 rings (SSSR count). The van der Waals surface area contributed by atoms with Gasteiger partial charge >= 0.3 is 0 Å². The molecular weight excluding hydrogens is 386 g/mol. The quantitative estimate of drug-likeness (QED) is 0.649. The molecule has 0 radical (unpaired) electrons. The third kappa shape index (κ3) is 3.09. The third-order valence-electron chi connectivity index (χ3n) is 5.86. The predicted octanol–water partition coefficient (Wildman–Crippen LogP) is 3.31. The average Bonchev–Trinajstić information content (AvgIpc) is 3.02. The van der Waals surface area contributed by atoms with Crippen molar-refractivity contribution >= 4 is 23.2 Å². The molecule has 0 aliphatic carbocycles. The number of hydrogen-bond donors (Lipinski definition) is 2. The van der Waals surface area contributed by atoms with Gasteiger partial charge < -0.3 is 16.0 Å². The van der Waals surface area contributed by atoms with E-state index in [2.05, 4.69) is 9.88 Å². The van der Waals surface area contributed by atoms with Crippen LogP contribution >= 0.6 is 11.6 Å². The van der Waals surface area contributed by atoms with Gasteiger partial charge in [-0.05, 0) is 36.7 Å². The molecule has 6 nitrogen and oxygen atoms in total. The Morgan fingerprint density at radius 2 is 1.86 bits per heavy atom. The fraction of sp³-hybridized carbons (Fsp3) is 0.273. The van der Waals surface area contributed by atoms with Crippen molar-refractivity contribution in [3.8, 4) is 11.1 Å². The summed E-state index contributed by atoms with van der Waals surface area (Å²) >= 11 is 6.95. The standard InChI is InChI=1S/C22H24ClN5O/c1-12-13(6-5-9-16(12)24)14-7-4-8-15(18(14)23)20-19-17(10-11-27(20)2)28(3)22(26-19)21(25)29/h4-9,20H,10-11,24H2,1-3H3,(H2,25,29). The fourth-order valence-electron chi connectivity index (χ4n) is 4.21. The summed E-state index contributed by atoms with van der Waals surface area (Å²) in [6.07, 6.45) is 0.796. The first-order valence-corrected chi connectivity index (χ1v) is 9.88. The highest BCUT2D eigenvalue weighted by atomic mass is 35.5. The molecule has 3 aromatic rings. The second kappa shape index (κ2) is 7.21. The number of primary amides is 1. The zero-order valence-electron chi connectivity index (χ0n) is 16.7. The van der Waals surface area contributed by atoms with Crippen LogP contribution in [0.15, 0.2) is 36.4 Å². The van der Waals surface area contributed by atoms with Gasteiger partial charge in [-0.25, -0.2) is 4.98 Å². The van der Waals surface area contributed by atoms with E-state index < -0.39 is 5.91 Å². The number of aromatic nitrogens is 2. The van der Waals surface area contributed by atoms with Crippen molar-refractivity contribution in [2.45, 2.75) is 19.4 Å². The van der Waals surface area contributed by atoms with Gasteiger partial charge in [0.2, 0.25) is 0 Å². The summed E-state index contributed by atoms with van der Waals surface area (Å²) < 4.78 is 1.80. The van der Waals surface area contributed by atoms with Gasteiger partial charge in [0.1, 0.15) is 0 Å². The molecule has 1 unspecified atom stereocenters. The van der Waals surface area contributed by atoms with Crippen LogP contribution in [0.2, 0.25) is 5.02 Å². The van der Waals surface area contributed by atoms with Crippen LogP contribution in [0.1, 0.15) is 39.2 Å². The number of nitrogens with two attached hydrogens (primary N) is 2. The highest BCUT2D eigenvalue weighted by molar-refractivity contribution is 6.34. The Labute approximate surface area is 175 Å². The van der Waals surface area contributed by atoms with Gasteiger partial charge in [0, 0.05) is 37.0 Å². The number of carbonyl (C=O) groups excluding carboxylic acids is 1. The van der Waals surface area contributed by atoms with Crippen molar-refractivity contribution < 1.29 is 4.79 Å². The Kier molecular flexibility index (Phi) is 4.84. The number of rotatable bonds is 3. The Balaban J connectivity index is 1.90. The van der Waals surface area contributed by atoms with Crippen molar-refractivity contribution in [2.24, 2.45) is 12.8 Å². The Morgan fingerprint density at radius 1 is 1.17 bits per heavy atom. The number of imidazole rings is 1. The van der Waals surface area contributed by atoms with Crippen LogP contribution in [0.4, 0.5) is 5.69 Å². The summed E-state index contributed by atoms with van der Waals surface area (Å²) in [6.45, 7) is 2.82. The lowest BCUT2D eigenvalue weighted by atomic mass is 9.92. The summed E-state index contributed by atoms with van der Waals surface area (Å²) in [5, 5.41) is 0.664. The van der Waals surface area contributed by atoms with Crippen molar-refractivity contribution in [1.29, 1.82) is 0 Å². The zero-order chi connectivity index (χ0) is 20.9. The molecule has 150 valence electrons. The lowest BCUT2D eigenvalue weighted by molar-refractivity contribution is 0.0987. The van der Waals surface area contributed by atoms with Crippen LogP contribution in [-0.4, -0.2) is 34.0 Å². The molecule has 2 aromatic carbocycles. The Morgan fingerprint density at radius 3 is 2.59 bits per heavy atom. The van der Waals surface area contributed by atoms with E-state index in [1.807, 2.05) is 57.4 Å². The molecule has 1 atom stereocenters. The number of likely N-dealkylation sites (N-methyl/N-ethyl adjacent to an activating group) is 1. The molecular formula is C22H24ClN5O. The first-order valence-electron chi connectivity index (χ1n) is 9.50. The summed E-state index contributed by atoms with van der Waals surface area (Å²) in [5.41, 5.74) is 18.1. The number of halogens is 1. The molecule has 0 saturated heterocycles. The summed E-state index contributed by atoms with van der Waals surface area (Å²) in [5.74, 6) is -0.257. The highest BCUT2D eigenvalue weighted by Crippen LogP contribution is 2.41. The molecule has 1 amide bonds.